The van der Waals surface area contributed by atoms with Crippen LogP contribution in [0.25, 0.3) is 11.1 Å². The van der Waals surface area contributed by atoms with Crippen molar-refractivity contribution in [2.24, 2.45) is 0 Å². The van der Waals surface area contributed by atoms with E-state index in [1.807, 2.05) is 66.9 Å². The lowest BCUT2D eigenvalue weighted by Gasteiger charge is -2.27. The Balaban J connectivity index is 1.17. The van der Waals surface area contributed by atoms with E-state index in [1.54, 1.807) is 23.0 Å². The fourth-order valence-corrected chi connectivity index (χ4v) is 5.95. The van der Waals surface area contributed by atoms with Crippen molar-refractivity contribution in [3.05, 3.63) is 114 Å². The molecule has 0 atom stereocenters. The highest BCUT2D eigenvalue weighted by atomic mass is 16.5. The van der Waals surface area contributed by atoms with Gasteiger partial charge in [0.05, 0.1) is 6.54 Å². The van der Waals surface area contributed by atoms with Crippen LogP contribution < -0.4 is 9.47 Å². The molecule has 2 aliphatic heterocycles. The molecule has 8 heteroatoms. The maximum Gasteiger partial charge on any atom is 0.260 e. The van der Waals surface area contributed by atoms with Gasteiger partial charge in [-0.15, -0.1) is 0 Å². The second-order valence-corrected chi connectivity index (χ2v) is 11.8. The van der Waals surface area contributed by atoms with Gasteiger partial charge in [-0.1, -0.05) is 36.4 Å². The van der Waals surface area contributed by atoms with E-state index in [-0.39, 0.29) is 18.4 Å². The van der Waals surface area contributed by atoms with Gasteiger partial charge in [-0.25, -0.2) is 0 Å². The Labute approximate surface area is 265 Å². The van der Waals surface area contributed by atoms with Gasteiger partial charge in [0, 0.05) is 56.6 Å². The van der Waals surface area contributed by atoms with Crippen LogP contribution in [0.2, 0.25) is 0 Å². The number of pyridine rings is 1. The van der Waals surface area contributed by atoms with Crippen molar-refractivity contribution in [1.82, 2.24) is 19.7 Å². The number of benzene rings is 3. The largest absolute Gasteiger partial charge is 0.491 e. The van der Waals surface area contributed by atoms with E-state index in [2.05, 4.69) is 28.1 Å². The average Bonchev–Trinajstić information content (AvgIpc) is 3.59. The highest BCUT2D eigenvalue weighted by molar-refractivity contribution is 5.94. The van der Waals surface area contributed by atoms with Crippen LogP contribution in [0.5, 0.6) is 11.5 Å². The van der Waals surface area contributed by atoms with Gasteiger partial charge in [0.25, 0.3) is 11.8 Å². The zero-order valence-electron chi connectivity index (χ0n) is 25.9. The molecule has 1 fully saturated rings. The summed E-state index contributed by atoms with van der Waals surface area (Å²) in [5.74, 6) is 1.19. The average molecular weight is 605 g/mol. The van der Waals surface area contributed by atoms with E-state index in [0.29, 0.717) is 44.0 Å². The van der Waals surface area contributed by atoms with Gasteiger partial charge in [0.1, 0.15) is 18.1 Å². The molecule has 232 valence electrons. The molecule has 1 aromatic heterocycles. The normalized spacial score (nSPS) is 16.1. The van der Waals surface area contributed by atoms with E-state index in [0.717, 1.165) is 47.6 Å². The summed E-state index contributed by atoms with van der Waals surface area (Å²) >= 11 is 0. The summed E-state index contributed by atoms with van der Waals surface area (Å²) in [5.41, 5.74) is 5.94. The molecular formula is C37H40N4O4. The molecule has 2 aliphatic rings. The Hall–Kier alpha value is -4.69. The molecule has 2 amide bonds. The third-order valence-electron chi connectivity index (χ3n) is 8.54. The van der Waals surface area contributed by atoms with Crippen molar-refractivity contribution in [3.8, 4) is 22.6 Å². The standard InChI is InChI=1S/C37H40N4O4/c1-39-18-19-41(36(42)27-45-34-12-9-28(10-13-34)26-40-16-2-3-17-40)20-21-44-35-14-11-30(32-8-5-15-38-25-32)24-33(35)23-29-6-4-7-31(22-29)37(39)43/h4-15,22,24-25H,2-3,16-21,23,26-27H2,1H3. The molecule has 6 rings (SSSR count). The van der Waals surface area contributed by atoms with E-state index < -0.39 is 0 Å². The molecule has 4 aromatic rings. The highest BCUT2D eigenvalue weighted by Crippen LogP contribution is 2.29. The molecule has 0 unspecified atom stereocenters. The molecule has 0 radical (unpaired) electrons. The summed E-state index contributed by atoms with van der Waals surface area (Å²) < 4.78 is 12.2. The van der Waals surface area contributed by atoms with Gasteiger partial charge in [0.2, 0.25) is 0 Å². The van der Waals surface area contributed by atoms with Crippen molar-refractivity contribution in [1.29, 1.82) is 0 Å². The van der Waals surface area contributed by atoms with Crippen LogP contribution in [0.4, 0.5) is 0 Å². The van der Waals surface area contributed by atoms with E-state index in [4.69, 9.17) is 9.47 Å². The molecule has 0 aliphatic carbocycles. The Bertz CT molecular complexity index is 1600. The van der Waals surface area contributed by atoms with Crippen LogP contribution >= 0.6 is 0 Å². The van der Waals surface area contributed by atoms with E-state index in [1.165, 1.54) is 18.4 Å². The fraction of sp³-hybridized carbons (Fsp3) is 0.324. The SMILES string of the molecule is CN1CCN(C(=O)COc2ccc(CN3CCCC3)cc2)CCOc2ccc(-c3cccnc3)cc2Cc2cccc(c2)C1=O. The first kappa shape index (κ1) is 30.3. The number of rotatable bonds is 6. The van der Waals surface area contributed by atoms with Crippen LogP contribution in [0, 0.1) is 0 Å². The number of hydrogen-bond donors (Lipinski definition) is 0. The smallest absolute Gasteiger partial charge is 0.260 e. The third kappa shape index (κ3) is 7.88. The maximum atomic E-state index is 13.4. The summed E-state index contributed by atoms with van der Waals surface area (Å²) in [5, 5.41) is 0. The second-order valence-electron chi connectivity index (χ2n) is 11.8. The fourth-order valence-electron chi connectivity index (χ4n) is 5.95. The third-order valence-corrected chi connectivity index (χ3v) is 8.54. The zero-order chi connectivity index (χ0) is 31.0. The number of aromatic nitrogens is 1. The van der Waals surface area contributed by atoms with Crippen molar-refractivity contribution < 1.29 is 19.1 Å². The molecule has 3 heterocycles. The van der Waals surface area contributed by atoms with Crippen LogP contribution in [0.3, 0.4) is 0 Å². The Kier molecular flexibility index (Phi) is 9.71. The van der Waals surface area contributed by atoms with Crippen LogP contribution in [-0.2, 0) is 17.8 Å². The number of likely N-dealkylation sites (N-methyl/N-ethyl adjacent to an activating group) is 1. The lowest BCUT2D eigenvalue weighted by atomic mass is 9.98. The van der Waals surface area contributed by atoms with Crippen LogP contribution in [0.15, 0.2) is 91.3 Å². The van der Waals surface area contributed by atoms with Gasteiger partial charge < -0.3 is 19.3 Å². The number of nitrogens with zero attached hydrogens (tertiary/aromatic N) is 4. The minimum Gasteiger partial charge on any atom is -0.491 e. The summed E-state index contributed by atoms with van der Waals surface area (Å²) in [6.07, 6.45) is 6.73. The minimum absolute atomic E-state index is 0.0767. The van der Waals surface area contributed by atoms with E-state index in [9.17, 15) is 9.59 Å². The predicted molar refractivity (Wildman–Crippen MR) is 174 cm³/mol. The molecule has 8 nitrogen and oxygen atoms in total. The van der Waals surface area contributed by atoms with Crippen LogP contribution in [-0.4, -0.2) is 84.5 Å². The van der Waals surface area contributed by atoms with E-state index >= 15 is 0 Å². The summed E-state index contributed by atoms with van der Waals surface area (Å²) in [6, 6.07) is 25.8. The molecular weight excluding hydrogens is 564 g/mol. The first-order chi connectivity index (χ1) is 22.0. The number of fused-ring (bicyclic) bond motifs is 3. The van der Waals surface area contributed by atoms with Gasteiger partial charge in [-0.2, -0.15) is 0 Å². The monoisotopic (exact) mass is 604 g/mol. The number of likely N-dealkylation sites (tertiary alicyclic amines) is 1. The van der Waals surface area contributed by atoms with Crippen molar-refractivity contribution in [3.63, 3.8) is 0 Å². The quantitative estimate of drug-likeness (QED) is 0.297. The number of carbonyl (C=O) groups is 2. The van der Waals surface area contributed by atoms with Gasteiger partial charge >= 0.3 is 0 Å². The highest BCUT2D eigenvalue weighted by Gasteiger charge is 2.20. The van der Waals surface area contributed by atoms with Crippen LogP contribution in [0.1, 0.15) is 39.9 Å². The molecule has 0 saturated carbocycles. The summed E-state index contributed by atoms with van der Waals surface area (Å²) in [6.45, 7) is 4.60. The first-order valence-electron chi connectivity index (χ1n) is 15.7. The topological polar surface area (TPSA) is 75.2 Å². The zero-order valence-corrected chi connectivity index (χ0v) is 25.9. The number of carbonyl (C=O) groups excluding carboxylic acids is 2. The van der Waals surface area contributed by atoms with Gasteiger partial charge in [0.15, 0.2) is 6.61 Å². The predicted octanol–water partition coefficient (Wildman–Crippen LogP) is 5.31. The molecule has 3 aromatic carbocycles. The van der Waals surface area contributed by atoms with Crippen molar-refractivity contribution >= 4 is 11.8 Å². The molecule has 2 bridgehead atoms. The molecule has 0 spiro atoms. The first-order valence-corrected chi connectivity index (χ1v) is 15.7. The maximum absolute atomic E-state index is 13.4. The Morgan fingerprint density at radius 2 is 1.69 bits per heavy atom. The van der Waals surface area contributed by atoms with Gasteiger partial charge in [-0.05, 0) is 90.6 Å². The van der Waals surface area contributed by atoms with Gasteiger partial charge in [-0.3, -0.25) is 19.5 Å². The summed E-state index contributed by atoms with van der Waals surface area (Å²) in [7, 11) is 1.77. The number of hydrogen-bond acceptors (Lipinski definition) is 6. The lowest BCUT2D eigenvalue weighted by molar-refractivity contribution is -0.133. The Morgan fingerprint density at radius 3 is 2.49 bits per heavy atom. The van der Waals surface area contributed by atoms with Crippen molar-refractivity contribution in [2.75, 3.05) is 53.0 Å². The molecule has 0 N–H and O–H groups in total. The molecule has 1 saturated heterocycles. The second kappa shape index (κ2) is 14.4. The summed E-state index contributed by atoms with van der Waals surface area (Å²) in [4.78, 5) is 36.9. The minimum atomic E-state index is -0.151. The Morgan fingerprint density at radius 1 is 0.867 bits per heavy atom. The number of ether oxygens (including phenoxy) is 2. The molecule has 45 heavy (non-hydrogen) atoms. The number of amides is 2. The lowest BCUT2D eigenvalue weighted by Crippen LogP contribution is -2.43. The van der Waals surface area contributed by atoms with Crippen molar-refractivity contribution in [2.45, 2.75) is 25.8 Å².